The third-order valence-electron chi connectivity index (χ3n) is 2.72. The summed E-state index contributed by atoms with van der Waals surface area (Å²) in [5.41, 5.74) is 0.695. The van der Waals surface area contributed by atoms with Gasteiger partial charge in [0.25, 0.3) is 0 Å². The molecular weight excluding hydrogens is 222 g/mol. The third kappa shape index (κ3) is 1.97. The largest absolute Gasteiger partial charge is 0.243 e. The standard InChI is InChI=1S/C12H13NO2S/c1-2-11-5-7-12(8-6-11)16(14,15)13-9-3-4-10-13/h1,5-8H,3-4,9-10H2. The Bertz CT molecular complexity index is 505. The van der Waals surface area contributed by atoms with Crippen LogP contribution in [-0.2, 0) is 10.0 Å². The molecule has 84 valence electrons. The van der Waals surface area contributed by atoms with Crippen LogP contribution < -0.4 is 0 Å². The van der Waals surface area contributed by atoms with E-state index in [1.54, 1.807) is 24.3 Å². The first-order valence-corrected chi connectivity index (χ1v) is 6.65. The fourth-order valence-corrected chi connectivity index (χ4v) is 3.32. The Labute approximate surface area is 96.1 Å². The topological polar surface area (TPSA) is 37.4 Å². The molecule has 1 fully saturated rings. The summed E-state index contributed by atoms with van der Waals surface area (Å²) in [6.07, 6.45) is 7.11. The highest BCUT2D eigenvalue weighted by Crippen LogP contribution is 2.20. The van der Waals surface area contributed by atoms with Crippen LogP contribution in [-0.4, -0.2) is 25.8 Å². The Hall–Kier alpha value is -1.31. The summed E-state index contributed by atoms with van der Waals surface area (Å²) in [6, 6.07) is 6.46. The van der Waals surface area contributed by atoms with E-state index in [4.69, 9.17) is 6.42 Å². The van der Waals surface area contributed by atoms with Gasteiger partial charge in [0.2, 0.25) is 10.0 Å². The number of sulfonamides is 1. The number of rotatable bonds is 2. The van der Waals surface area contributed by atoms with E-state index in [2.05, 4.69) is 5.92 Å². The zero-order valence-electron chi connectivity index (χ0n) is 8.89. The molecule has 0 amide bonds. The van der Waals surface area contributed by atoms with Crippen LogP contribution in [0.25, 0.3) is 0 Å². The Morgan fingerprint density at radius 2 is 1.69 bits per heavy atom. The van der Waals surface area contributed by atoms with E-state index in [9.17, 15) is 8.42 Å². The molecule has 4 heteroatoms. The predicted molar refractivity (Wildman–Crippen MR) is 62.4 cm³/mol. The Morgan fingerprint density at radius 3 is 2.19 bits per heavy atom. The molecule has 16 heavy (non-hydrogen) atoms. The molecule has 1 aromatic rings. The Balaban J connectivity index is 2.32. The maximum absolute atomic E-state index is 12.1. The van der Waals surface area contributed by atoms with Gasteiger partial charge in [0.05, 0.1) is 4.90 Å². The Kier molecular flexibility index (Phi) is 2.99. The minimum atomic E-state index is -3.30. The summed E-state index contributed by atoms with van der Waals surface area (Å²) in [5, 5.41) is 0. The number of benzene rings is 1. The summed E-state index contributed by atoms with van der Waals surface area (Å²) in [4.78, 5) is 0.327. The highest BCUT2D eigenvalue weighted by molar-refractivity contribution is 7.89. The van der Waals surface area contributed by atoms with Crippen molar-refractivity contribution in [2.75, 3.05) is 13.1 Å². The highest BCUT2D eigenvalue weighted by atomic mass is 32.2. The van der Waals surface area contributed by atoms with Gasteiger partial charge >= 0.3 is 0 Å². The second-order valence-corrected chi connectivity index (χ2v) is 5.72. The zero-order chi connectivity index (χ0) is 11.6. The van der Waals surface area contributed by atoms with Crippen molar-refractivity contribution in [3.8, 4) is 12.3 Å². The van der Waals surface area contributed by atoms with Crippen molar-refractivity contribution in [3.05, 3.63) is 29.8 Å². The van der Waals surface area contributed by atoms with E-state index in [-0.39, 0.29) is 0 Å². The van der Waals surface area contributed by atoms with Crippen LogP contribution in [0.1, 0.15) is 18.4 Å². The maximum Gasteiger partial charge on any atom is 0.243 e. The van der Waals surface area contributed by atoms with Crippen molar-refractivity contribution < 1.29 is 8.42 Å². The molecular formula is C12H13NO2S. The van der Waals surface area contributed by atoms with Gasteiger partial charge in [-0.1, -0.05) is 5.92 Å². The minimum Gasteiger partial charge on any atom is -0.207 e. The first kappa shape index (κ1) is 11.2. The lowest BCUT2D eigenvalue weighted by Gasteiger charge is -2.15. The molecule has 0 radical (unpaired) electrons. The van der Waals surface area contributed by atoms with Crippen LogP contribution in [0.5, 0.6) is 0 Å². The van der Waals surface area contributed by atoms with Crippen molar-refractivity contribution in [3.63, 3.8) is 0 Å². The van der Waals surface area contributed by atoms with E-state index in [1.165, 1.54) is 4.31 Å². The maximum atomic E-state index is 12.1. The molecule has 3 nitrogen and oxygen atoms in total. The summed E-state index contributed by atoms with van der Waals surface area (Å²) in [5.74, 6) is 2.47. The molecule has 2 rings (SSSR count). The highest BCUT2D eigenvalue weighted by Gasteiger charge is 2.26. The lowest BCUT2D eigenvalue weighted by Crippen LogP contribution is -2.27. The van der Waals surface area contributed by atoms with E-state index >= 15 is 0 Å². The number of hydrogen-bond donors (Lipinski definition) is 0. The van der Waals surface area contributed by atoms with Crippen LogP contribution in [0.2, 0.25) is 0 Å². The van der Waals surface area contributed by atoms with Gasteiger partial charge < -0.3 is 0 Å². The smallest absolute Gasteiger partial charge is 0.207 e. The summed E-state index contributed by atoms with van der Waals surface area (Å²) < 4.78 is 25.7. The molecule has 0 aromatic heterocycles. The molecule has 1 aliphatic heterocycles. The normalized spacial score (nSPS) is 17.2. The number of terminal acetylenes is 1. The number of hydrogen-bond acceptors (Lipinski definition) is 2. The second-order valence-electron chi connectivity index (χ2n) is 3.78. The average molecular weight is 235 g/mol. The zero-order valence-corrected chi connectivity index (χ0v) is 9.70. The second kappa shape index (κ2) is 4.28. The van der Waals surface area contributed by atoms with E-state index in [0.29, 0.717) is 23.5 Å². The van der Waals surface area contributed by atoms with Crippen LogP contribution in [0.3, 0.4) is 0 Å². The van der Waals surface area contributed by atoms with Gasteiger partial charge in [0.1, 0.15) is 0 Å². The van der Waals surface area contributed by atoms with E-state index in [0.717, 1.165) is 12.8 Å². The van der Waals surface area contributed by atoms with Crippen molar-refractivity contribution in [1.29, 1.82) is 0 Å². The predicted octanol–water partition coefficient (Wildman–Crippen LogP) is 1.45. The quantitative estimate of drug-likeness (QED) is 0.728. The van der Waals surface area contributed by atoms with Crippen LogP contribution in [0.15, 0.2) is 29.2 Å². The van der Waals surface area contributed by atoms with Crippen molar-refractivity contribution in [2.45, 2.75) is 17.7 Å². The van der Waals surface area contributed by atoms with Gasteiger partial charge in [-0.05, 0) is 37.1 Å². The average Bonchev–Trinajstić information content (AvgIpc) is 2.83. The van der Waals surface area contributed by atoms with E-state index in [1.807, 2.05) is 0 Å². The first-order valence-electron chi connectivity index (χ1n) is 5.21. The van der Waals surface area contributed by atoms with Crippen molar-refractivity contribution in [2.24, 2.45) is 0 Å². The molecule has 0 spiro atoms. The summed E-state index contributed by atoms with van der Waals surface area (Å²) >= 11 is 0. The lowest BCUT2D eigenvalue weighted by molar-refractivity contribution is 0.477. The molecule has 1 aromatic carbocycles. The molecule has 0 unspecified atom stereocenters. The Morgan fingerprint density at radius 1 is 1.12 bits per heavy atom. The SMILES string of the molecule is C#Cc1ccc(S(=O)(=O)N2CCCC2)cc1. The van der Waals surface area contributed by atoms with E-state index < -0.39 is 10.0 Å². The van der Waals surface area contributed by atoms with Crippen LogP contribution in [0.4, 0.5) is 0 Å². The van der Waals surface area contributed by atoms with Crippen LogP contribution in [0, 0.1) is 12.3 Å². The molecule has 0 N–H and O–H groups in total. The molecule has 0 saturated carbocycles. The summed E-state index contributed by atoms with van der Waals surface area (Å²) in [7, 11) is -3.30. The minimum absolute atomic E-state index is 0.327. The van der Waals surface area contributed by atoms with Gasteiger partial charge in [-0.15, -0.1) is 6.42 Å². The fraction of sp³-hybridized carbons (Fsp3) is 0.333. The number of nitrogens with zero attached hydrogens (tertiary/aromatic N) is 1. The lowest BCUT2D eigenvalue weighted by atomic mass is 10.2. The fourth-order valence-electron chi connectivity index (χ4n) is 1.80. The van der Waals surface area contributed by atoms with Gasteiger partial charge in [-0.3, -0.25) is 0 Å². The van der Waals surface area contributed by atoms with Gasteiger partial charge in [-0.2, -0.15) is 4.31 Å². The monoisotopic (exact) mass is 235 g/mol. The molecule has 0 atom stereocenters. The third-order valence-corrected chi connectivity index (χ3v) is 4.64. The summed E-state index contributed by atoms with van der Waals surface area (Å²) in [6.45, 7) is 1.25. The van der Waals surface area contributed by atoms with Crippen molar-refractivity contribution in [1.82, 2.24) is 4.31 Å². The van der Waals surface area contributed by atoms with Gasteiger partial charge in [-0.25, -0.2) is 8.42 Å². The molecule has 1 saturated heterocycles. The molecule has 1 heterocycles. The van der Waals surface area contributed by atoms with Crippen LogP contribution >= 0.6 is 0 Å². The van der Waals surface area contributed by atoms with Crippen molar-refractivity contribution >= 4 is 10.0 Å². The molecule has 1 aliphatic rings. The molecule has 0 bridgehead atoms. The van der Waals surface area contributed by atoms with Gasteiger partial charge in [0, 0.05) is 18.7 Å². The molecule has 0 aliphatic carbocycles. The first-order chi connectivity index (χ1) is 7.64. The van der Waals surface area contributed by atoms with Gasteiger partial charge in [0.15, 0.2) is 0 Å².